The number of imidazole rings is 1. The van der Waals surface area contributed by atoms with Crippen LogP contribution in [0, 0.1) is 10.1 Å². The van der Waals surface area contributed by atoms with E-state index in [4.69, 9.17) is 9.84 Å². The number of aliphatic hydroxyl groups excluding tert-OH is 2. The largest absolute Gasteiger partial charge is 0.394 e. The Morgan fingerprint density at radius 1 is 1.55 bits per heavy atom. The number of benzene rings is 1. The molecule has 9 nitrogen and oxygen atoms in total. The fourth-order valence-electron chi connectivity index (χ4n) is 2.66. The minimum Gasteiger partial charge on any atom is -0.394 e. The molecule has 1 fully saturated rings. The number of nitro groups is 1. The van der Waals surface area contributed by atoms with Gasteiger partial charge in [0.15, 0.2) is 0 Å². The van der Waals surface area contributed by atoms with E-state index >= 15 is 0 Å². The minimum atomic E-state index is -1.65. The number of nitrogens with one attached hydrogen (secondary N) is 1. The molecule has 0 radical (unpaired) electrons. The number of nitro benzene ring substituents is 1. The standard InChI is InChI=1S/C13H15N3O6/c1-13(19)10(18)9(5-17)22-11(13)12-14-7-3-2-6(16(20)21)4-8(7)15-12/h2-4,9-11,17-19H,5H2,1H3,(H,14,15)/t9-,10-,11+,13-/m1/s1. The van der Waals surface area contributed by atoms with Gasteiger partial charge in [0.25, 0.3) is 5.69 Å². The highest BCUT2D eigenvalue weighted by molar-refractivity contribution is 5.77. The Balaban J connectivity index is 2.01. The molecule has 1 aromatic carbocycles. The number of H-pyrrole nitrogens is 1. The average molecular weight is 309 g/mol. The van der Waals surface area contributed by atoms with E-state index in [0.29, 0.717) is 11.0 Å². The second-order valence-corrected chi connectivity index (χ2v) is 5.49. The zero-order valence-electron chi connectivity index (χ0n) is 11.6. The Labute approximate surface area is 124 Å². The molecule has 3 rings (SSSR count). The average Bonchev–Trinajstić information content (AvgIpc) is 2.98. The highest BCUT2D eigenvalue weighted by Crippen LogP contribution is 2.40. The number of rotatable bonds is 3. The smallest absolute Gasteiger partial charge is 0.271 e. The van der Waals surface area contributed by atoms with Crippen molar-refractivity contribution in [2.24, 2.45) is 0 Å². The lowest BCUT2D eigenvalue weighted by Crippen LogP contribution is -2.43. The zero-order valence-corrected chi connectivity index (χ0v) is 11.6. The maximum atomic E-state index is 10.8. The highest BCUT2D eigenvalue weighted by atomic mass is 16.6. The van der Waals surface area contributed by atoms with Gasteiger partial charge >= 0.3 is 0 Å². The summed E-state index contributed by atoms with van der Waals surface area (Å²) in [7, 11) is 0. The fraction of sp³-hybridized carbons (Fsp3) is 0.462. The summed E-state index contributed by atoms with van der Waals surface area (Å²) in [6, 6.07) is 4.14. The van der Waals surface area contributed by atoms with Gasteiger partial charge in [-0.1, -0.05) is 0 Å². The molecule has 1 aliphatic heterocycles. The normalized spacial score (nSPS) is 31.7. The SMILES string of the molecule is C[C@@]1(O)[C@H](O)[C@@H](CO)O[C@H]1c1nc2ccc([N+](=O)[O-])cc2[nH]1. The first-order valence-electron chi connectivity index (χ1n) is 6.65. The summed E-state index contributed by atoms with van der Waals surface area (Å²) in [4.78, 5) is 17.4. The van der Waals surface area contributed by atoms with E-state index in [2.05, 4.69) is 9.97 Å². The molecule has 0 bridgehead atoms. The molecule has 2 aromatic rings. The number of aromatic nitrogens is 2. The Hall–Kier alpha value is -2.07. The van der Waals surface area contributed by atoms with Gasteiger partial charge in [0.2, 0.25) is 0 Å². The van der Waals surface area contributed by atoms with Gasteiger partial charge in [-0.25, -0.2) is 4.98 Å². The number of ether oxygens (including phenoxy) is 1. The number of aromatic amines is 1. The predicted molar refractivity (Wildman–Crippen MR) is 74.1 cm³/mol. The van der Waals surface area contributed by atoms with Crippen molar-refractivity contribution in [3.63, 3.8) is 0 Å². The molecule has 0 amide bonds. The van der Waals surface area contributed by atoms with Crippen molar-refractivity contribution in [3.05, 3.63) is 34.1 Å². The van der Waals surface area contributed by atoms with Crippen LogP contribution in [0.4, 0.5) is 5.69 Å². The van der Waals surface area contributed by atoms with Crippen molar-refractivity contribution < 1.29 is 25.0 Å². The van der Waals surface area contributed by atoms with Crippen LogP contribution in [0.15, 0.2) is 18.2 Å². The second-order valence-electron chi connectivity index (χ2n) is 5.49. The van der Waals surface area contributed by atoms with Crippen LogP contribution in [-0.2, 0) is 4.74 Å². The van der Waals surface area contributed by atoms with Crippen LogP contribution in [0.2, 0.25) is 0 Å². The lowest BCUT2D eigenvalue weighted by Gasteiger charge is -2.25. The number of nitrogens with zero attached hydrogens (tertiary/aromatic N) is 2. The molecule has 1 saturated heterocycles. The van der Waals surface area contributed by atoms with E-state index in [9.17, 15) is 20.3 Å². The molecule has 4 atom stereocenters. The van der Waals surface area contributed by atoms with E-state index in [-0.39, 0.29) is 11.5 Å². The van der Waals surface area contributed by atoms with Crippen molar-refractivity contribution in [1.82, 2.24) is 9.97 Å². The summed E-state index contributed by atoms with van der Waals surface area (Å²) in [6.07, 6.45) is -3.18. The number of non-ortho nitro benzene ring substituents is 1. The summed E-state index contributed by atoms with van der Waals surface area (Å²) < 4.78 is 5.45. The first kappa shape index (κ1) is 14.9. The molecule has 0 spiro atoms. The van der Waals surface area contributed by atoms with Gasteiger partial charge in [-0.15, -0.1) is 0 Å². The van der Waals surface area contributed by atoms with Crippen molar-refractivity contribution in [2.45, 2.75) is 30.8 Å². The van der Waals surface area contributed by atoms with E-state index in [1.165, 1.54) is 25.1 Å². The van der Waals surface area contributed by atoms with Gasteiger partial charge < -0.3 is 25.0 Å². The van der Waals surface area contributed by atoms with Crippen LogP contribution in [0.3, 0.4) is 0 Å². The van der Waals surface area contributed by atoms with E-state index in [0.717, 1.165) is 0 Å². The molecule has 2 heterocycles. The van der Waals surface area contributed by atoms with Crippen molar-refractivity contribution in [3.8, 4) is 0 Å². The van der Waals surface area contributed by atoms with Gasteiger partial charge in [-0.05, 0) is 13.0 Å². The maximum Gasteiger partial charge on any atom is 0.271 e. The Kier molecular flexibility index (Phi) is 3.37. The highest BCUT2D eigenvalue weighted by Gasteiger charge is 2.53. The lowest BCUT2D eigenvalue weighted by atomic mass is 9.92. The summed E-state index contributed by atoms with van der Waals surface area (Å²) in [5.74, 6) is 0.232. The molecular weight excluding hydrogens is 294 g/mol. The van der Waals surface area contributed by atoms with Crippen LogP contribution in [0.25, 0.3) is 11.0 Å². The summed E-state index contributed by atoms with van der Waals surface area (Å²) in [5.41, 5.74) is -0.838. The molecule has 1 aliphatic rings. The topological polar surface area (TPSA) is 142 Å². The number of hydrogen-bond donors (Lipinski definition) is 4. The van der Waals surface area contributed by atoms with Gasteiger partial charge in [0.05, 0.1) is 22.6 Å². The van der Waals surface area contributed by atoms with Gasteiger partial charge in [0, 0.05) is 12.1 Å². The first-order chi connectivity index (χ1) is 10.3. The third kappa shape index (κ3) is 2.15. The van der Waals surface area contributed by atoms with E-state index < -0.39 is 35.4 Å². The van der Waals surface area contributed by atoms with Crippen LogP contribution in [-0.4, -0.2) is 54.6 Å². The number of fused-ring (bicyclic) bond motifs is 1. The molecule has 0 saturated carbocycles. The summed E-state index contributed by atoms with van der Waals surface area (Å²) in [6.45, 7) is 0.938. The second kappa shape index (κ2) is 4.99. The quantitative estimate of drug-likeness (QED) is 0.462. The zero-order chi connectivity index (χ0) is 16.1. The molecule has 9 heteroatoms. The lowest BCUT2D eigenvalue weighted by molar-refractivity contribution is -0.384. The van der Waals surface area contributed by atoms with Crippen LogP contribution in [0.1, 0.15) is 18.9 Å². The van der Waals surface area contributed by atoms with Gasteiger partial charge in [-0.3, -0.25) is 10.1 Å². The number of hydrogen-bond acceptors (Lipinski definition) is 7. The molecular formula is C13H15N3O6. The van der Waals surface area contributed by atoms with Gasteiger partial charge in [0.1, 0.15) is 29.7 Å². The Morgan fingerprint density at radius 3 is 2.86 bits per heavy atom. The van der Waals surface area contributed by atoms with Crippen molar-refractivity contribution >= 4 is 16.7 Å². The fourth-order valence-corrected chi connectivity index (χ4v) is 2.66. The number of aliphatic hydroxyl groups is 3. The molecule has 1 aromatic heterocycles. The predicted octanol–water partition coefficient (Wildman–Crippen LogP) is 0.0152. The van der Waals surface area contributed by atoms with Crippen molar-refractivity contribution in [2.75, 3.05) is 6.61 Å². The third-order valence-corrected chi connectivity index (χ3v) is 3.92. The van der Waals surface area contributed by atoms with Crippen molar-refractivity contribution in [1.29, 1.82) is 0 Å². The first-order valence-corrected chi connectivity index (χ1v) is 6.65. The minimum absolute atomic E-state index is 0.0879. The summed E-state index contributed by atoms with van der Waals surface area (Å²) >= 11 is 0. The molecule has 118 valence electrons. The molecule has 0 aliphatic carbocycles. The molecule has 0 unspecified atom stereocenters. The van der Waals surface area contributed by atoms with Crippen LogP contribution < -0.4 is 0 Å². The van der Waals surface area contributed by atoms with E-state index in [1.807, 2.05) is 0 Å². The van der Waals surface area contributed by atoms with Crippen LogP contribution in [0.5, 0.6) is 0 Å². The van der Waals surface area contributed by atoms with Crippen LogP contribution >= 0.6 is 0 Å². The third-order valence-electron chi connectivity index (χ3n) is 3.92. The maximum absolute atomic E-state index is 10.8. The van der Waals surface area contributed by atoms with E-state index in [1.54, 1.807) is 0 Å². The monoisotopic (exact) mass is 309 g/mol. The Bertz CT molecular complexity index is 728. The Morgan fingerprint density at radius 2 is 2.27 bits per heavy atom. The molecule has 4 N–H and O–H groups in total. The van der Waals surface area contributed by atoms with Gasteiger partial charge in [-0.2, -0.15) is 0 Å². The molecule has 22 heavy (non-hydrogen) atoms. The summed E-state index contributed by atoms with van der Waals surface area (Å²) in [5, 5.41) is 40.3.